The van der Waals surface area contributed by atoms with Crippen LogP contribution in [0.1, 0.15) is 40.7 Å². The average Bonchev–Trinajstić information content (AvgIpc) is 2.46. The highest BCUT2D eigenvalue weighted by atomic mass is 16.4. The topological polar surface area (TPSA) is 78.9 Å². The van der Waals surface area contributed by atoms with Crippen LogP contribution < -0.4 is 5.73 Å². The number of oxime groups is 1. The van der Waals surface area contributed by atoms with Gasteiger partial charge in [0.15, 0.2) is 5.84 Å². The Bertz CT molecular complexity index is 540. The zero-order valence-electron chi connectivity index (χ0n) is 12.0. The number of nitrogens with two attached hydrogens (primary N) is 1. The number of carbonyl (C=O) groups is 1. The number of piperidine rings is 1. The number of benzene rings is 1. The predicted octanol–water partition coefficient (Wildman–Crippen LogP) is 2.04. The summed E-state index contributed by atoms with van der Waals surface area (Å²) >= 11 is 0. The van der Waals surface area contributed by atoms with Gasteiger partial charge in [-0.2, -0.15) is 0 Å². The highest BCUT2D eigenvalue weighted by Gasteiger charge is 2.30. The highest BCUT2D eigenvalue weighted by molar-refractivity contribution is 5.99. The Labute approximate surface area is 119 Å². The van der Waals surface area contributed by atoms with E-state index in [2.05, 4.69) is 5.16 Å². The van der Waals surface area contributed by atoms with Crippen molar-refractivity contribution in [3.05, 3.63) is 34.9 Å². The summed E-state index contributed by atoms with van der Waals surface area (Å²) in [6, 6.07) is 5.48. The second-order valence-electron chi connectivity index (χ2n) is 5.35. The molecule has 0 bridgehead atoms. The Balaban J connectivity index is 2.30. The third-order valence-electron chi connectivity index (χ3n) is 3.83. The number of aryl methyl sites for hydroxylation is 2. The fourth-order valence-corrected chi connectivity index (χ4v) is 2.76. The molecule has 1 heterocycles. The molecule has 0 aromatic heterocycles. The SMILES string of the molecule is Cc1ccc(C(=O)N2CCCCC2C(N)=NO)c(C)c1. The van der Waals surface area contributed by atoms with Gasteiger partial charge < -0.3 is 15.8 Å². The Morgan fingerprint density at radius 3 is 2.80 bits per heavy atom. The van der Waals surface area contributed by atoms with Crippen LogP contribution in [0.4, 0.5) is 0 Å². The van der Waals surface area contributed by atoms with Gasteiger partial charge in [0.1, 0.15) is 0 Å². The van der Waals surface area contributed by atoms with Crippen LogP contribution in [0.3, 0.4) is 0 Å². The highest BCUT2D eigenvalue weighted by Crippen LogP contribution is 2.21. The van der Waals surface area contributed by atoms with Crippen molar-refractivity contribution in [1.29, 1.82) is 0 Å². The number of amides is 1. The summed E-state index contributed by atoms with van der Waals surface area (Å²) in [6.07, 6.45) is 2.68. The van der Waals surface area contributed by atoms with Crippen LogP contribution in [0.25, 0.3) is 0 Å². The van der Waals surface area contributed by atoms with Gasteiger partial charge in [0.2, 0.25) is 0 Å². The molecule has 1 aliphatic heterocycles. The quantitative estimate of drug-likeness (QED) is 0.375. The van der Waals surface area contributed by atoms with E-state index in [0.29, 0.717) is 12.1 Å². The van der Waals surface area contributed by atoms with Crippen LogP contribution in [0.15, 0.2) is 23.4 Å². The third-order valence-corrected chi connectivity index (χ3v) is 3.83. The lowest BCUT2D eigenvalue weighted by molar-refractivity contribution is 0.0676. The minimum atomic E-state index is -0.304. The Morgan fingerprint density at radius 1 is 1.40 bits per heavy atom. The van der Waals surface area contributed by atoms with Crippen LogP contribution in [0.5, 0.6) is 0 Å². The molecule has 1 unspecified atom stereocenters. The van der Waals surface area contributed by atoms with E-state index < -0.39 is 0 Å². The van der Waals surface area contributed by atoms with Crippen molar-refractivity contribution < 1.29 is 10.0 Å². The fraction of sp³-hybridized carbons (Fsp3) is 0.467. The number of nitrogens with zero attached hydrogens (tertiary/aromatic N) is 2. The van der Waals surface area contributed by atoms with E-state index in [1.165, 1.54) is 0 Å². The second kappa shape index (κ2) is 5.94. The molecular formula is C15H21N3O2. The molecule has 1 aliphatic rings. The van der Waals surface area contributed by atoms with E-state index in [4.69, 9.17) is 10.9 Å². The van der Waals surface area contributed by atoms with Gasteiger partial charge in [0.05, 0.1) is 6.04 Å². The van der Waals surface area contributed by atoms with Gasteiger partial charge in [-0.15, -0.1) is 0 Å². The van der Waals surface area contributed by atoms with Crippen molar-refractivity contribution in [2.45, 2.75) is 39.2 Å². The van der Waals surface area contributed by atoms with Gasteiger partial charge in [-0.05, 0) is 44.7 Å². The number of rotatable bonds is 2. The van der Waals surface area contributed by atoms with Gasteiger partial charge in [-0.25, -0.2) is 0 Å². The summed E-state index contributed by atoms with van der Waals surface area (Å²) in [4.78, 5) is 14.4. The molecule has 1 amide bonds. The van der Waals surface area contributed by atoms with Crippen molar-refractivity contribution in [2.75, 3.05) is 6.54 Å². The minimum absolute atomic E-state index is 0.0428. The molecule has 1 aromatic rings. The molecule has 0 saturated carbocycles. The smallest absolute Gasteiger partial charge is 0.254 e. The number of likely N-dealkylation sites (tertiary alicyclic amines) is 1. The number of hydrogen-bond donors (Lipinski definition) is 2. The molecule has 1 saturated heterocycles. The van der Waals surface area contributed by atoms with E-state index in [-0.39, 0.29) is 17.8 Å². The van der Waals surface area contributed by atoms with Crippen LogP contribution in [-0.4, -0.2) is 34.4 Å². The first-order valence-corrected chi connectivity index (χ1v) is 6.90. The fourth-order valence-electron chi connectivity index (χ4n) is 2.76. The Morgan fingerprint density at radius 2 is 2.15 bits per heavy atom. The summed E-state index contributed by atoms with van der Waals surface area (Å²) in [7, 11) is 0. The molecule has 0 radical (unpaired) electrons. The number of carbonyl (C=O) groups excluding carboxylic acids is 1. The maximum absolute atomic E-state index is 12.7. The molecule has 20 heavy (non-hydrogen) atoms. The predicted molar refractivity (Wildman–Crippen MR) is 78.0 cm³/mol. The molecule has 0 spiro atoms. The summed E-state index contributed by atoms with van der Waals surface area (Å²) in [6.45, 7) is 4.58. The maximum atomic E-state index is 12.7. The first kappa shape index (κ1) is 14.4. The van der Waals surface area contributed by atoms with E-state index in [1.807, 2.05) is 32.0 Å². The second-order valence-corrected chi connectivity index (χ2v) is 5.35. The summed E-state index contributed by atoms with van der Waals surface area (Å²) in [5.41, 5.74) is 8.50. The van der Waals surface area contributed by atoms with Crippen molar-refractivity contribution in [3.63, 3.8) is 0 Å². The Kier molecular flexibility index (Phi) is 4.27. The van der Waals surface area contributed by atoms with Crippen LogP contribution in [0, 0.1) is 13.8 Å². The molecule has 1 aromatic carbocycles. The monoisotopic (exact) mass is 275 g/mol. The normalized spacial score (nSPS) is 20.0. The third kappa shape index (κ3) is 2.76. The Hall–Kier alpha value is -2.04. The van der Waals surface area contributed by atoms with Gasteiger partial charge in [0, 0.05) is 12.1 Å². The number of hydrogen-bond acceptors (Lipinski definition) is 3. The van der Waals surface area contributed by atoms with Crippen molar-refractivity contribution in [2.24, 2.45) is 10.9 Å². The molecule has 5 heteroatoms. The van der Waals surface area contributed by atoms with E-state index in [0.717, 1.165) is 30.4 Å². The summed E-state index contributed by atoms with van der Waals surface area (Å²) < 4.78 is 0. The van der Waals surface area contributed by atoms with Gasteiger partial charge in [-0.3, -0.25) is 4.79 Å². The molecular weight excluding hydrogens is 254 g/mol. The lowest BCUT2D eigenvalue weighted by atomic mass is 9.98. The zero-order chi connectivity index (χ0) is 14.7. The molecule has 5 nitrogen and oxygen atoms in total. The van der Waals surface area contributed by atoms with Crippen molar-refractivity contribution in [3.8, 4) is 0 Å². The van der Waals surface area contributed by atoms with E-state index in [9.17, 15) is 4.79 Å². The van der Waals surface area contributed by atoms with Crippen molar-refractivity contribution in [1.82, 2.24) is 4.90 Å². The zero-order valence-corrected chi connectivity index (χ0v) is 12.0. The largest absolute Gasteiger partial charge is 0.409 e. The molecule has 1 atom stereocenters. The van der Waals surface area contributed by atoms with Gasteiger partial charge in [-0.1, -0.05) is 22.9 Å². The molecule has 2 rings (SSSR count). The lowest BCUT2D eigenvalue weighted by Gasteiger charge is -2.35. The first-order valence-electron chi connectivity index (χ1n) is 6.90. The molecule has 108 valence electrons. The summed E-state index contributed by atoms with van der Waals surface area (Å²) in [5, 5.41) is 11.9. The van der Waals surface area contributed by atoms with Gasteiger partial charge in [0.25, 0.3) is 5.91 Å². The minimum Gasteiger partial charge on any atom is -0.409 e. The van der Waals surface area contributed by atoms with Gasteiger partial charge >= 0.3 is 0 Å². The van der Waals surface area contributed by atoms with Crippen LogP contribution in [0.2, 0.25) is 0 Å². The van der Waals surface area contributed by atoms with Crippen molar-refractivity contribution >= 4 is 11.7 Å². The van der Waals surface area contributed by atoms with E-state index in [1.54, 1.807) is 4.90 Å². The molecule has 3 N–H and O–H groups in total. The maximum Gasteiger partial charge on any atom is 0.254 e. The first-order chi connectivity index (χ1) is 9.54. The van der Waals surface area contributed by atoms with Crippen LogP contribution in [-0.2, 0) is 0 Å². The lowest BCUT2D eigenvalue weighted by Crippen LogP contribution is -2.50. The van der Waals surface area contributed by atoms with Crippen LogP contribution >= 0.6 is 0 Å². The number of amidine groups is 1. The average molecular weight is 275 g/mol. The molecule has 1 fully saturated rings. The van der Waals surface area contributed by atoms with E-state index >= 15 is 0 Å². The standard InChI is InChI=1S/C15H21N3O2/c1-10-6-7-12(11(2)9-10)15(19)18-8-4-3-5-13(18)14(16)17-20/h6-7,9,13,20H,3-5,8H2,1-2H3,(H2,16,17). The molecule has 0 aliphatic carbocycles. The summed E-state index contributed by atoms with van der Waals surface area (Å²) in [5.74, 6) is 0.0709.